The molecule has 172 valence electrons. The Bertz CT molecular complexity index is 821. The van der Waals surface area contributed by atoms with Gasteiger partial charge in [-0.05, 0) is 64.7 Å². The second kappa shape index (κ2) is 10.4. The maximum absolute atomic E-state index is 13.2. The van der Waals surface area contributed by atoms with Gasteiger partial charge in [-0.1, -0.05) is 38.0 Å². The monoisotopic (exact) mass is 430 g/mol. The second-order valence-corrected chi connectivity index (χ2v) is 9.77. The lowest BCUT2D eigenvalue weighted by Crippen LogP contribution is -2.35. The fourth-order valence-electron chi connectivity index (χ4n) is 3.75. The Balaban J connectivity index is 2.42. The molecule has 0 amide bonds. The molecular weight excluding hydrogens is 392 g/mol. The van der Waals surface area contributed by atoms with Gasteiger partial charge in [0.1, 0.15) is 17.4 Å². The number of aryl methyl sites for hydroxylation is 3. The summed E-state index contributed by atoms with van der Waals surface area (Å²) in [6.45, 7) is 16.7. The lowest BCUT2D eigenvalue weighted by Gasteiger charge is -2.32. The molecule has 1 aromatic carbocycles. The smallest absolute Gasteiger partial charge is 0.342 e. The molecule has 0 N–H and O–H groups in total. The van der Waals surface area contributed by atoms with Gasteiger partial charge < -0.3 is 14.2 Å². The van der Waals surface area contributed by atoms with Crippen LogP contribution in [0.5, 0.6) is 0 Å². The molecule has 0 fully saturated rings. The molecule has 0 aliphatic carbocycles. The summed E-state index contributed by atoms with van der Waals surface area (Å²) in [5.41, 5.74) is 3.51. The number of hydrogen-bond donors (Lipinski definition) is 0. The van der Waals surface area contributed by atoms with Crippen molar-refractivity contribution >= 4 is 17.5 Å². The highest BCUT2D eigenvalue weighted by molar-refractivity contribution is 6.19. The van der Waals surface area contributed by atoms with Crippen molar-refractivity contribution in [1.82, 2.24) is 0 Å². The molecule has 0 saturated heterocycles. The quantitative estimate of drug-likeness (QED) is 0.392. The van der Waals surface area contributed by atoms with Crippen LogP contribution in [0.1, 0.15) is 76.1 Å². The Kier molecular flexibility index (Phi) is 8.47. The highest BCUT2D eigenvalue weighted by Crippen LogP contribution is 2.37. The Hall–Kier alpha value is -2.14. The van der Waals surface area contributed by atoms with E-state index in [0.717, 1.165) is 35.1 Å². The number of ether oxygens (including phenoxy) is 3. The second-order valence-electron chi connectivity index (χ2n) is 9.77. The number of rotatable bonds is 8. The van der Waals surface area contributed by atoms with Gasteiger partial charge in [0.2, 0.25) is 0 Å². The predicted molar refractivity (Wildman–Crippen MR) is 123 cm³/mol. The van der Waals surface area contributed by atoms with E-state index >= 15 is 0 Å². The van der Waals surface area contributed by atoms with E-state index in [1.54, 1.807) is 20.8 Å². The summed E-state index contributed by atoms with van der Waals surface area (Å²) in [6, 6.07) is 4.06. The van der Waals surface area contributed by atoms with Crippen LogP contribution in [-0.2, 0) is 23.8 Å². The van der Waals surface area contributed by atoms with Crippen molar-refractivity contribution in [3.8, 4) is 0 Å². The van der Waals surface area contributed by atoms with Gasteiger partial charge in [0.05, 0.1) is 12.0 Å². The van der Waals surface area contributed by atoms with E-state index < -0.39 is 17.5 Å². The zero-order chi connectivity index (χ0) is 23.3. The van der Waals surface area contributed by atoms with Crippen LogP contribution in [0.25, 0.3) is 5.57 Å². The zero-order valence-electron chi connectivity index (χ0n) is 20.4. The molecule has 0 bridgehead atoms. The molecule has 5 heteroatoms. The minimum atomic E-state index is -0.679. The minimum Gasteiger partial charge on any atom is -0.458 e. The molecule has 0 aromatic heterocycles. The van der Waals surface area contributed by atoms with Gasteiger partial charge in [-0.2, -0.15) is 0 Å². The SMILES string of the molecule is CCCCOCC(C)C1CC(OC(=O)C(C)(C)C)=C(c2c(C)cc(C)cc2C)C(=O)O1. The largest absolute Gasteiger partial charge is 0.458 e. The molecule has 5 nitrogen and oxygen atoms in total. The van der Waals surface area contributed by atoms with E-state index in [0.29, 0.717) is 31.0 Å². The highest BCUT2D eigenvalue weighted by Gasteiger charge is 2.37. The van der Waals surface area contributed by atoms with Crippen LogP contribution in [0.4, 0.5) is 0 Å². The van der Waals surface area contributed by atoms with Crippen molar-refractivity contribution in [1.29, 1.82) is 0 Å². The molecule has 1 heterocycles. The first-order chi connectivity index (χ1) is 14.5. The molecular formula is C26H38O5. The van der Waals surface area contributed by atoms with Crippen molar-refractivity contribution in [2.24, 2.45) is 11.3 Å². The fraction of sp³-hybridized carbons (Fsp3) is 0.615. The van der Waals surface area contributed by atoms with Crippen molar-refractivity contribution in [3.05, 3.63) is 40.1 Å². The van der Waals surface area contributed by atoms with Gasteiger partial charge in [-0.15, -0.1) is 0 Å². The first-order valence-electron chi connectivity index (χ1n) is 11.3. The molecule has 1 aromatic rings. The van der Waals surface area contributed by atoms with Gasteiger partial charge in [0, 0.05) is 18.9 Å². The molecule has 31 heavy (non-hydrogen) atoms. The van der Waals surface area contributed by atoms with Crippen LogP contribution < -0.4 is 0 Å². The van der Waals surface area contributed by atoms with Gasteiger partial charge in [-0.25, -0.2) is 4.79 Å². The number of unbranched alkanes of at least 4 members (excludes halogenated alkanes) is 1. The number of carbonyl (C=O) groups is 2. The van der Waals surface area contributed by atoms with Crippen LogP contribution in [0.2, 0.25) is 0 Å². The van der Waals surface area contributed by atoms with Crippen LogP contribution in [0, 0.1) is 32.1 Å². The van der Waals surface area contributed by atoms with Crippen molar-refractivity contribution in [2.45, 2.75) is 80.8 Å². The fourth-order valence-corrected chi connectivity index (χ4v) is 3.75. The summed E-state index contributed by atoms with van der Waals surface area (Å²) in [6.07, 6.45) is 2.03. The highest BCUT2D eigenvalue weighted by atomic mass is 16.6. The molecule has 2 atom stereocenters. The third-order valence-corrected chi connectivity index (χ3v) is 5.54. The Morgan fingerprint density at radius 3 is 2.35 bits per heavy atom. The summed E-state index contributed by atoms with van der Waals surface area (Å²) in [5.74, 6) is -0.409. The molecule has 2 rings (SSSR count). The Labute approximate surface area is 187 Å². The maximum atomic E-state index is 13.2. The lowest BCUT2D eigenvalue weighted by atomic mass is 9.88. The van der Waals surface area contributed by atoms with E-state index in [4.69, 9.17) is 14.2 Å². The standard InChI is InChI=1S/C26H38O5/c1-9-10-11-29-15-19(5)20-14-21(31-25(28)26(6,7)8)23(24(27)30-20)22-17(3)12-16(2)13-18(22)4/h12-13,19-20H,9-11,14-15H2,1-8H3. The summed E-state index contributed by atoms with van der Waals surface area (Å²) >= 11 is 0. The molecule has 1 aliphatic heterocycles. The normalized spacial score (nSPS) is 18.1. The summed E-state index contributed by atoms with van der Waals surface area (Å²) < 4.78 is 17.4. The van der Waals surface area contributed by atoms with E-state index in [1.165, 1.54) is 0 Å². The van der Waals surface area contributed by atoms with Crippen LogP contribution in [0.15, 0.2) is 17.9 Å². The maximum Gasteiger partial charge on any atom is 0.342 e. The number of benzene rings is 1. The van der Waals surface area contributed by atoms with Crippen molar-refractivity contribution in [3.63, 3.8) is 0 Å². The van der Waals surface area contributed by atoms with E-state index in [9.17, 15) is 9.59 Å². The average Bonchev–Trinajstić information content (AvgIpc) is 2.65. The molecule has 1 aliphatic rings. The van der Waals surface area contributed by atoms with E-state index in [-0.39, 0.29) is 11.9 Å². The lowest BCUT2D eigenvalue weighted by molar-refractivity contribution is -0.153. The van der Waals surface area contributed by atoms with E-state index in [2.05, 4.69) is 6.92 Å². The first-order valence-corrected chi connectivity index (χ1v) is 11.3. The summed E-state index contributed by atoms with van der Waals surface area (Å²) in [7, 11) is 0. The van der Waals surface area contributed by atoms with Gasteiger partial charge in [-0.3, -0.25) is 4.79 Å². The third kappa shape index (κ3) is 6.42. The van der Waals surface area contributed by atoms with Gasteiger partial charge in [0.15, 0.2) is 0 Å². The van der Waals surface area contributed by atoms with Crippen molar-refractivity contribution < 1.29 is 23.8 Å². The average molecular weight is 431 g/mol. The number of hydrogen-bond acceptors (Lipinski definition) is 5. The zero-order valence-corrected chi connectivity index (χ0v) is 20.4. The number of cyclic esters (lactones) is 1. The van der Waals surface area contributed by atoms with Gasteiger partial charge in [0.25, 0.3) is 0 Å². The van der Waals surface area contributed by atoms with Gasteiger partial charge >= 0.3 is 11.9 Å². The molecule has 0 spiro atoms. The molecule has 0 saturated carbocycles. The van der Waals surface area contributed by atoms with Crippen LogP contribution in [-0.4, -0.2) is 31.3 Å². The van der Waals surface area contributed by atoms with Crippen molar-refractivity contribution in [2.75, 3.05) is 13.2 Å². The van der Waals surface area contributed by atoms with E-state index in [1.807, 2.05) is 39.8 Å². The third-order valence-electron chi connectivity index (χ3n) is 5.54. The Morgan fingerprint density at radius 2 is 1.81 bits per heavy atom. The summed E-state index contributed by atoms with van der Waals surface area (Å²) in [4.78, 5) is 25.9. The molecule has 2 unspecified atom stereocenters. The topological polar surface area (TPSA) is 61.8 Å². The predicted octanol–water partition coefficient (Wildman–Crippen LogP) is 5.68. The Morgan fingerprint density at radius 1 is 1.19 bits per heavy atom. The number of carbonyl (C=O) groups excluding carboxylic acids is 2. The number of esters is 2. The first kappa shape index (κ1) is 25.1. The van der Waals surface area contributed by atoms with Crippen LogP contribution >= 0.6 is 0 Å². The van der Waals surface area contributed by atoms with Crippen LogP contribution in [0.3, 0.4) is 0 Å². The molecule has 0 radical (unpaired) electrons. The minimum absolute atomic E-state index is 0.00842. The summed E-state index contributed by atoms with van der Waals surface area (Å²) in [5, 5.41) is 0.